The van der Waals surface area contributed by atoms with Crippen molar-refractivity contribution in [2.45, 2.75) is 38.8 Å². The van der Waals surface area contributed by atoms with Crippen LogP contribution in [0.3, 0.4) is 0 Å². The van der Waals surface area contributed by atoms with Gasteiger partial charge in [-0.3, -0.25) is 0 Å². The molecule has 1 rings (SSSR count). The van der Waals surface area contributed by atoms with E-state index < -0.39 is 29.7 Å². The zero-order valence-corrected chi connectivity index (χ0v) is 12.6. The fourth-order valence-electron chi connectivity index (χ4n) is 1.67. The lowest BCUT2D eigenvalue weighted by Gasteiger charge is -2.22. The molecular formula is C15H19NO6. The van der Waals surface area contributed by atoms with E-state index in [2.05, 4.69) is 5.32 Å². The SMILES string of the molecule is CC(C)(C)OC(=O)N[C@@H](Cc1ccc(C(=O)O)cc1)C(=O)O. The lowest BCUT2D eigenvalue weighted by molar-refractivity contribution is -0.139. The molecule has 0 fully saturated rings. The van der Waals surface area contributed by atoms with E-state index in [1.54, 1.807) is 20.8 Å². The van der Waals surface area contributed by atoms with Gasteiger partial charge in [-0.1, -0.05) is 12.1 Å². The van der Waals surface area contributed by atoms with Crippen molar-refractivity contribution in [3.8, 4) is 0 Å². The second kappa shape index (κ2) is 6.93. The Morgan fingerprint density at radius 1 is 1.14 bits per heavy atom. The molecule has 0 radical (unpaired) electrons. The van der Waals surface area contributed by atoms with Gasteiger partial charge in [0.1, 0.15) is 11.6 Å². The zero-order valence-electron chi connectivity index (χ0n) is 12.6. The van der Waals surface area contributed by atoms with Gasteiger partial charge >= 0.3 is 18.0 Å². The maximum atomic E-state index is 11.6. The molecule has 0 unspecified atom stereocenters. The Morgan fingerprint density at radius 2 is 1.68 bits per heavy atom. The van der Waals surface area contributed by atoms with Crippen LogP contribution in [0.2, 0.25) is 0 Å². The predicted octanol–water partition coefficient (Wildman–Crippen LogP) is 1.91. The second-order valence-electron chi connectivity index (χ2n) is 5.74. The third kappa shape index (κ3) is 5.82. The van der Waals surface area contributed by atoms with Crippen molar-refractivity contribution in [3.63, 3.8) is 0 Å². The third-order valence-electron chi connectivity index (χ3n) is 2.63. The number of carbonyl (C=O) groups is 3. The molecule has 120 valence electrons. The van der Waals surface area contributed by atoms with E-state index in [0.29, 0.717) is 5.56 Å². The highest BCUT2D eigenvalue weighted by molar-refractivity contribution is 5.87. The minimum Gasteiger partial charge on any atom is -0.480 e. The summed E-state index contributed by atoms with van der Waals surface area (Å²) in [4.78, 5) is 33.6. The number of hydrogen-bond donors (Lipinski definition) is 3. The van der Waals surface area contributed by atoms with Crippen molar-refractivity contribution < 1.29 is 29.3 Å². The Labute approximate surface area is 127 Å². The number of ether oxygens (including phenoxy) is 1. The van der Waals surface area contributed by atoms with Crippen LogP contribution in [0, 0.1) is 0 Å². The third-order valence-corrected chi connectivity index (χ3v) is 2.63. The Hall–Kier alpha value is -2.57. The van der Waals surface area contributed by atoms with Gasteiger partial charge < -0.3 is 20.3 Å². The molecule has 0 spiro atoms. The van der Waals surface area contributed by atoms with Crippen molar-refractivity contribution in [3.05, 3.63) is 35.4 Å². The summed E-state index contributed by atoms with van der Waals surface area (Å²) < 4.78 is 5.02. The number of carboxylic acids is 2. The lowest BCUT2D eigenvalue weighted by atomic mass is 10.0. The zero-order chi connectivity index (χ0) is 16.9. The summed E-state index contributed by atoms with van der Waals surface area (Å²) in [5, 5.41) is 20.2. The summed E-state index contributed by atoms with van der Waals surface area (Å²) in [5.41, 5.74) is -0.0276. The van der Waals surface area contributed by atoms with Gasteiger partial charge in [0.05, 0.1) is 5.56 Å². The van der Waals surface area contributed by atoms with Gasteiger partial charge in [0.15, 0.2) is 0 Å². The Kier molecular flexibility index (Phi) is 5.50. The summed E-state index contributed by atoms with van der Waals surface area (Å²) in [6, 6.07) is 4.62. The predicted molar refractivity (Wildman–Crippen MR) is 77.9 cm³/mol. The molecule has 1 atom stereocenters. The van der Waals surface area contributed by atoms with Crippen LogP contribution in [-0.4, -0.2) is 39.9 Å². The molecule has 0 heterocycles. The molecule has 7 nitrogen and oxygen atoms in total. The molecule has 22 heavy (non-hydrogen) atoms. The normalized spacial score (nSPS) is 12.3. The minimum atomic E-state index is -1.20. The first kappa shape index (κ1) is 17.5. The smallest absolute Gasteiger partial charge is 0.408 e. The van der Waals surface area contributed by atoms with Crippen LogP contribution in [0.15, 0.2) is 24.3 Å². The quantitative estimate of drug-likeness (QED) is 0.765. The summed E-state index contributed by atoms with van der Waals surface area (Å²) in [6.07, 6.45) is -0.795. The Morgan fingerprint density at radius 3 is 2.09 bits per heavy atom. The number of carbonyl (C=O) groups excluding carboxylic acids is 1. The van der Waals surface area contributed by atoms with Crippen LogP contribution in [-0.2, 0) is 16.0 Å². The van der Waals surface area contributed by atoms with Gasteiger partial charge in [-0.25, -0.2) is 14.4 Å². The number of aliphatic carboxylic acids is 1. The van der Waals surface area contributed by atoms with E-state index >= 15 is 0 Å². The average molecular weight is 309 g/mol. The molecular weight excluding hydrogens is 290 g/mol. The molecule has 1 amide bonds. The van der Waals surface area contributed by atoms with Crippen LogP contribution < -0.4 is 5.32 Å². The fraction of sp³-hybridized carbons (Fsp3) is 0.400. The first-order valence-corrected chi connectivity index (χ1v) is 6.63. The van der Waals surface area contributed by atoms with Gasteiger partial charge in [-0.2, -0.15) is 0 Å². The standard InChI is InChI=1S/C15H19NO6/c1-15(2,3)22-14(21)16-11(13(19)20)8-9-4-6-10(7-5-9)12(17)18/h4-7,11H,8H2,1-3H3,(H,16,21)(H,17,18)(H,19,20)/t11-/m0/s1. The lowest BCUT2D eigenvalue weighted by Crippen LogP contribution is -2.44. The molecule has 0 saturated carbocycles. The van der Waals surface area contributed by atoms with E-state index in [1.807, 2.05) is 0 Å². The van der Waals surface area contributed by atoms with E-state index in [4.69, 9.17) is 14.9 Å². The molecule has 0 saturated heterocycles. The molecule has 3 N–H and O–H groups in total. The van der Waals surface area contributed by atoms with Crippen molar-refractivity contribution in [2.24, 2.45) is 0 Å². The number of nitrogens with one attached hydrogen (secondary N) is 1. The second-order valence-corrected chi connectivity index (χ2v) is 5.74. The number of benzene rings is 1. The van der Waals surface area contributed by atoms with Crippen molar-refractivity contribution in [1.82, 2.24) is 5.32 Å². The van der Waals surface area contributed by atoms with Gasteiger partial charge in [-0.15, -0.1) is 0 Å². The van der Waals surface area contributed by atoms with Crippen molar-refractivity contribution in [2.75, 3.05) is 0 Å². The fourth-order valence-corrected chi connectivity index (χ4v) is 1.67. The van der Waals surface area contributed by atoms with Crippen LogP contribution >= 0.6 is 0 Å². The topological polar surface area (TPSA) is 113 Å². The minimum absolute atomic E-state index is 0.0223. The largest absolute Gasteiger partial charge is 0.480 e. The molecule has 0 bridgehead atoms. The summed E-state index contributed by atoms with van der Waals surface area (Å²) in [5.74, 6) is -2.26. The Bertz CT molecular complexity index is 558. The van der Waals surface area contributed by atoms with Crippen LogP contribution in [0.4, 0.5) is 4.79 Å². The molecule has 0 aromatic heterocycles. The van der Waals surface area contributed by atoms with Crippen LogP contribution in [0.5, 0.6) is 0 Å². The number of hydrogen-bond acceptors (Lipinski definition) is 4. The van der Waals surface area contributed by atoms with E-state index in [0.717, 1.165) is 0 Å². The first-order valence-electron chi connectivity index (χ1n) is 6.63. The van der Waals surface area contributed by atoms with Gasteiger partial charge in [0, 0.05) is 6.42 Å². The highest BCUT2D eigenvalue weighted by atomic mass is 16.6. The van der Waals surface area contributed by atoms with Gasteiger partial charge in [0.25, 0.3) is 0 Å². The summed E-state index contributed by atoms with van der Waals surface area (Å²) >= 11 is 0. The average Bonchev–Trinajstić information content (AvgIpc) is 2.36. The summed E-state index contributed by atoms with van der Waals surface area (Å²) in [6.45, 7) is 5.02. The van der Waals surface area contributed by atoms with Crippen LogP contribution in [0.1, 0.15) is 36.7 Å². The monoisotopic (exact) mass is 309 g/mol. The number of carboxylic acid groups (broad SMARTS) is 2. The molecule has 0 aliphatic heterocycles. The molecule has 1 aromatic rings. The van der Waals surface area contributed by atoms with Gasteiger partial charge in [0.2, 0.25) is 0 Å². The van der Waals surface area contributed by atoms with E-state index in [9.17, 15) is 14.4 Å². The highest BCUT2D eigenvalue weighted by Gasteiger charge is 2.24. The summed E-state index contributed by atoms with van der Waals surface area (Å²) in [7, 11) is 0. The van der Waals surface area contributed by atoms with Crippen molar-refractivity contribution >= 4 is 18.0 Å². The number of alkyl carbamates (subject to hydrolysis) is 1. The van der Waals surface area contributed by atoms with E-state index in [1.165, 1.54) is 24.3 Å². The van der Waals surface area contributed by atoms with Crippen LogP contribution in [0.25, 0.3) is 0 Å². The first-order chi connectivity index (χ1) is 10.1. The number of rotatable bonds is 5. The maximum Gasteiger partial charge on any atom is 0.408 e. The Balaban J connectivity index is 2.74. The molecule has 0 aliphatic rings. The highest BCUT2D eigenvalue weighted by Crippen LogP contribution is 2.10. The van der Waals surface area contributed by atoms with E-state index in [-0.39, 0.29) is 12.0 Å². The molecule has 0 aliphatic carbocycles. The van der Waals surface area contributed by atoms with Gasteiger partial charge in [-0.05, 0) is 38.5 Å². The molecule has 1 aromatic carbocycles. The maximum absolute atomic E-state index is 11.6. The number of aromatic carboxylic acids is 1. The number of amides is 1. The molecule has 7 heteroatoms. The van der Waals surface area contributed by atoms with Crippen molar-refractivity contribution in [1.29, 1.82) is 0 Å².